The van der Waals surface area contributed by atoms with Crippen LogP contribution >= 0.6 is 0 Å². The Labute approximate surface area is 152 Å². The first-order valence-electron chi connectivity index (χ1n) is 8.73. The highest BCUT2D eigenvalue weighted by atomic mass is 16.5. The van der Waals surface area contributed by atoms with Gasteiger partial charge in [0, 0.05) is 56.6 Å². The van der Waals surface area contributed by atoms with E-state index in [2.05, 4.69) is 30.4 Å². The van der Waals surface area contributed by atoms with Gasteiger partial charge in [0.15, 0.2) is 0 Å². The van der Waals surface area contributed by atoms with E-state index in [1.165, 1.54) is 0 Å². The number of rotatable bonds is 5. The fourth-order valence-electron chi connectivity index (χ4n) is 2.95. The molecule has 1 aliphatic rings. The molecular weight excluding hydrogens is 334 g/mol. The summed E-state index contributed by atoms with van der Waals surface area (Å²) in [7, 11) is 1.58. The Morgan fingerprint density at radius 3 is 2.81 bits per heavy atom. The molecule has 1 atom stereocenters. The van der Waals surface area contributed by atoms with E-state index in [1.54, 1.807) is 19.4 Å². The molecule has 3 rings (SSSR count). The molecule has 0 radical (unpaired) electrons. The lowest BCUT2D eigenvalue weighted by atomic mass is 10.2. The number of anilines is 1. The number of nitrogens with one attached hydrogen (secondary N) is 2. The molecule has 1 fully saturated rings. The lowest BCUT2D eigenvalue weighted by Gasteiger charge is -2.35. The number of aromatic nitrogens is 4. The molecule has 0 spiro atoms. The maximum Gasteiger partial charge on any atom is 0.317 e. The normalized spacial score (nSPS) is 15.7. The Morgan fingerprint density at radius 2 is 2.15 bits per heavy atom. The number of H-pyrrole nitrogens is 1. The molecule has 0 bridgehead atoms. The monoisotopic (exact) mass is 359 g/mol. The highest BCUT2D eigenvalue weighted by molar-refractivity contribution is 5.74. The van der Waals surface area contributed by atoms with Gasteiger partial charge in [0.2, 0.25) is 11.8 Å². The second-order valence-electron chi connectivity index (χ2n) is 6.47. The van der Waals surface area contributed by atoms with E-state index < -0.39 is 0 Å². The second-order valence-corrected chi connectivity index (χ2v) is 6.47. The third kappa shape index (κ3) is 4.41. The van der Waals surface area contributed by atoms with Gasteiger partial charge in [-0.1, -0.05) is 0 Å². The number of aryl methyl sites for hydroxylation is 1. The summed E-state index contributed by atoms with van der Waals surface area (Å²) in [5, 5.41) is 10.2. The molecule has 2 aromatic rings. The molecule has 0 aromatic carbocycles. The Balaban J connectivity index is 1.48. The molecule has 0 unspecified atom stereocenters. The van der Waals surface area contributed by atoms with Crippen LogP contribution in [0.25, 0.3) is 0 Å². The third-order valence-corrected chi connectivity index (χ3v) is 4.32. The number of piperazine rings is 1. The number of aromatic amines is 1. The Morgan fingerprint density at radius 1 is 1.38 bits per heavy atom. The summed E-state index contributed by atoms with van der Waals surface area (Å²) >= 11 is 0. The van der Waals surface area contributed by atoms with Gasteiger partial charge in [-0.15, -0.1) is 0 Å². The highest BCUT2D eigenvalue weighted by Gasteiger charge is 2.23. The zero-order valence-electron chi connectivity index (χ0n) is 15.4. The quantitative estimate of drug-likeness (QED) is 0.826. The summed E-state index contributed by atoms with van der Waals surface area (Å²) in [6, 6.07) is 3.69. The van der Waals surface area contributed by atoms with Crippen molar-refractivity contribution in [2.45, 2.75) is 26.3 Å². The van der Waals surface area contributed by atoms with Crippen molar-refractivity contribution in [1.82, 2.24) is 30.4 Å². The zero-order valence-corrected chi connectivity index (χ0v) is 15.4. The van der Waals surface area contributed by atoms with E-state index in [0.29, 0.717) is 44.4 Å². The Kier molecular flexibility index (Phi) is 5.55. The van der Waals surface area contributed by atoms with E-state index in [4.69, 9.17) is 4.74 Å². The molecule has 1 aliphatic heterocycles. The summed E-state index contributed by atoms with van der Waals surface area (Å²) in [6.45, 7) is 6.58. The summed E-state index contributed by atoms with van der Waals surface area (Å²) in [5.41, 5.74) is 1.98. The Bertz CT molecular complexity index is 740. The molecule has 26 heavy (non-hydrogen) atoms. The number of carbonyl (C=O) groups is 1. The standard InChI is InChI=1S/C17H25N7O2/c1-12(10-14-11-13(2)21-22-14)19-17(25)24-8-6-23(7-9-24)16-18-5-4-15(20-16)26-3/h4-5,11-12H,6-10H2,1-3H3,(H,19,25)(H,21,22)/t12-/m1/s1. The van der Waals surface area contributed by atoms with Crippen LogP contribution in [0, 0.1) is 6.92 Å². The van der Waals surface area contributed by atoms with Crippen molar-refractivity contribution in [2.24, 2.45) is 0 Å². The predicted molar refractivity (Wildman–Crippen MR) is 97.4 cm³/mol. The molecule has 0 aliphatic carbocycles. The van der Waals surface area contributed by atoms with Gasteiger partial charge < -0.3 is 19.9 Å². The number of methoxy groups -OCH3 is 1. The van der Waals surface area contributed by atoms with Gasteiger partial charge in [-0.3, -0.25) is 5.10 Å². The number of urea groups is 1. The van der Waals surface area contributed by atoms with Gasteiger partial charge in [-0.2, -0.15) is 10.1 Å². The summed E-state index contributed by atoms with van der Waals surface area (Å²) in [4.78, 5) is 25.0. The molecule has 2 amide bonds. The fraction of sp³-hybridized carbons (Fsp3) is 0.529. The first-order chi connectivity index (χ1) is 12.5. The van der Waals surface area contributed by atoms with Crippen LogP contribution in [-0.2, 0) is 6.42 Å². The van der Waals surface area contributed by atoms with Gasteiger partial charge in [-0.25, -0.2) is 9.78 Å². The average Bonchev–Trinajstić information content (AvgIpc) is 3.06. The molecule has 0 saturated carbocycles. The van der Waals surface area contributed by atoms with Crippen molar-refractivity contribution in [2.75, 3.05) is 38.2 Å². The molecular formula is C17H25N7O2. The molecule has 9 heteroatoms. The first kappa shape index (κ1) is 18.0. The third-order valence-electron chi connectivity index (χ3n) is 4.32. The second kappa shape index (κ2) is 8.03. The van der Waals surface area contributed by atoms with E-state index in [1.807, 2.05) is 24.8 Å². The van der Waals surface area contributed by atoms with E-state index in [0.717, 1.165) is 11.4 Å². The minimum atomic E-state index is -0.0454. The van der Waals surface area contributed by atoms with Gasteiger partial charge >= 0.3 is 6.03 Å². The van der Waals surface area contributed by atoms with Crippen molar-refractivity contribution in [1.29, 1.82) is 0 Å². The van der Waals surface area contributed by atoms with Crippen molar-refractivity contribution in [3.8, 4) is 5.88 Å². The van der Waals surface area contributed by atoms with Crippen molar-refractivity contribution >= 4 is 12.0 Å². The maximum atomic E-state index is 12.5. The average molecular weight is 359 g/mol. The van der Waals surface area contributed by atoms with Crippen LogP contribution in [0.4, 0.5) is 10.7 Å². The van der Waals surface area contributed by atoms with Crippen LogP contribution < -0.4 is 15.0 Å². The predicted octanol–water partition coefficient (Wildman–Crippen LogP) is 0.980. The number of amides is 2. The van der Waals surface area contributed by atoms with Gasteiger partial charge in [-0.05, 0) is 19.9 Å². The van der Waals surface area contributed by atoms with Gasteiger partial charge in [0.1, 0.15) is 0 Å². The number of hydrogen-bond acceptors (Lipinski definition) is 6. The topological polar surface area (TPSA) is 99.3 Å². The van der Waals surface area contributed by atoms with Crippen LogP contribution in [0.15, 0.2) is 18.3 Å². The fourth-order valence-corrected chi connectivity index (χ4v) is 2.95. The van der Waals surface area contributed by atoms with Crippen LogP contribution in [0.2, 0.25) is 0 Å². The number of nitrogens with zero attached hydrogens (tertiary/aromatic N) is 5. The van der Waals surface area contributed by atoms with Crippen LogP contribution in [0.1, 0.15) is 18.3 Å². The molecule has 140 valence electrons. The van der Waals surface area contributed by atoms with E-state index in [-0.39, 0.29) is 12.1 Å². The van der Waals surface area contributed by atoms with Crippen molar-refractivity contribution in [3.05, 3.63) is 29.7 Å². The maximum absolute atomic E-state index is 12.5. The van der Waals surface area contributed by atoms with E-state index >= 15 is 0 Å². The molecule has 9 nitrogen and oxygen atoms in total. The van der Waals surface area contributed by atoms with Gasteiger partial charge in [0.25, 0.3) is 0 Å². The number of hydrogen-bond donors (Lipinski definition) is 2. The number of carbonyl (C=O) groups excluding carboxylic acids is 1. The molecule has 2 aromatic heterocycles. The molecule has 3 heterocycles. The van der Waals surface area contributed by atoms with Crippen LogP contribution in [0.3, 0.4) is 0 Å². The number of ether oxygens (including phenoxy) is 1. The molecule has 2 N–H and O–H groups in total. The molecule has 1 saturated heterocycles. The van der Waals surface area contributed by atoms with Crippen molar-refractivity contribution < 1.29 is 9.53 Å². The lowest BCUT2D eigenvalue weighted by molar-refractivity contribution is 0.190. The largest absolute Gasteiger partial charge is 0.481 e. The first-order valence-corrected chi connectivity index (χ1v) is 8.73. The SMILES string of the molecule is COc1ccnc(N2CCN(C(=O)N[C@H](C)Cc3cc(C)[nH]n3)CC2)n1. The zero-order chi connectivity index (χ0) is 18.5. The summed E-state index contributed by atoms with van der Waals surface area (Å²) in [5.74, 6) is 1.17. The van der Waals surface area contributed by atoms with E-state index in [9.17, 15) is 4.79 Å². The summed E-state index contributed by atoms with van der Waals surface area (Å²) in [6.07, 6.45) is 2.38. The minimum absolute atomic E-state index is 0.0185. The lowest BCUT2D eigenvalue weighted by Crippen LogP contribution is -2.53. The van der Waals surface area contributed by atoms with Crippen molar-refractivity contribution in [3.63, 3.8) is 0 Å². The van der Waals surface area contributed by atoms with Gasteiger partial charge in [0.05, 0.1) is 12.8 Å². The highest BCUT2D eigenvalue weighted by Crippen LogP contribution is 2.14. The smallest absolute Gasteiger partial charge is 0.317 e. The minimum Gasteiger partial charge on any atom is -0.481 e. The van der Waals surface area contributed by atoms with Crippen LogP contribution in [-0.4, -0.2) is 70.4 Å². The Hall–Kier alpha value is -2.84. The van der Waals surface area contributed by atoms with Crippen LogP contribution in [0.5, 0.6) is 5.88 Å². The summed E-state index contributed by atoms with van der Waals surface area (Å²) < 4.78 is 5.14.